The van der Waals surface area contributed by atoms with Gasteiger partial charge in [0.15, 0.2) is 5.11 Å². The van der Waals surface area contributed by atoms with Crippen LogP contribution in [-0.2, 0) is 11.2 Å². The molecular weight excluding hydrogens is 354 g/mol. The lowest BCUT2D eigenvalue weighted by atomic mass is 9.81. The van der Waals surface area contributed by atoms with Crippen LogP contribution in [0.15, 0.2) is 24.3 Å². The van der Waals surface area contributed by atoms with Gasteiger partial charge in [0, 0.05) is 29.2 Å². The predicted molar refractivity (Wildman–Crippen MR) is 116 cm³/mol. The first-order valence-electron chi connectivity index (χ1n) is 10.3. The molecule has 1 amide bonds. The molecule has 3 rings (SSSR count). The maximum absolute atomic E-state index is 12.4. The van der Waals surface area contributed by atoms with Gasteiger partial charge in [0.25, 0.3) is 0 Å². The van der Waals surface area contributed by atoms with Gasteiger partial charge in [-0.2, -0.15) is 0 Å². The SMILES string of the molecule is CCc1ccc(NC(=S)N2[C@@H]3CCC[C@@H]2CC(NC(=O)C(C)(C)C)C3)cc1. The first kappa shape index (κ1) is 20.1. The van der Waals surface area contributed by atoms with Crippen LogP contribution >= 0.6 is 12.2 Å². The van der Waals surface area contributed by atoms with Crippen molar-refractivity contribution in [1.82, 2.24) is 10.2 Å². The highest BCUT2D eigenvalue weighted by atomic mass is 32.1. The van der Waals surface area contributed by atoms with Gasteiger partial charge in [-0.25, -0.2) is 0 Å². The Bertz CT molecular complexity index is 666. The van der Waals surface area contributed by atoms with Crippen LogP contribution in [0.25, 0.3) is 0 Å². The Morgan fingerprint density at radius 1 is 1.15 bits per heavy atom. The molecule has 2 saturated heterocycles. The summed E-state index contributed by atoms with van der Waals surface area (Å²) in [6.07, 6.45) is 6.55. The Labute approximate surface area is 169 Å². The third-order valence-electron chi connectivity index (χ3n) is 5.84. The number of carbonyl (C=O) groups is 1. The molecule has 0 aliphatic carbocycles. The lowest BCUT2D eigenvalue weighted by Crippen LogP contribution is -2.60. The average molecular weight is 388 g/mol. The fourth-order valence-corrected chi connectivity index (χ4v) is 4.66. The smallest absolute Gasteiger partial charge is 0.225 e. The molecule has 148 valence electrons. The molecule has 2 N–H and O–H groups in total. The van der Waals surface area contributed by atoms with E-state index in [0.717, 1.165) is 42.9 Å². The fraction of sp³-hybridized carbons (Fsp3) is 0.636. The second-order valence-corrected chi connectivity index (χ2v) is 9.40. The van der Waals surface area contributed by atoms with E-state index in [0.29, 0.717) is 12.1 Å². The Hall–Kier alpha value is -1.62. The molecule has 0 spiro atoms. The number of piperidine rings is 2. The van der Waals surface area contributed by atoms with E-state index in [2.05, 4.69) is 46.7 Å². The van der Waals surface area contributed by atoms with Gasteiger partial charge in [0.1, 0.15) is 0 Å². The minimum Gasteiger partial charge on any atom is -0.353 e. The van der Waals surface area contributed by atoms with Gasteiger partial charge in [-0.3, -0.25) is 4.79 Å². The maximum atomic E-state index is 12.4. The quantitative estimate of drug-likeness (QED) is 0.750. The van der Waals surface area contributed by atoms with Gasteiger partial charge in [-0.15, -0.1) is 0 Å². The lowest BCUT2D eigenvalue weighted by Gasteiger charge is -2.50. The number of benzene rings is 1. The van der Waals surface area contributed by atoms with Crippen LogP contribution in [-0.4, -0.2) is 34.0 Å². The monoisotopic (exact) mass is 387 g/mol. The molecule has 2 fully saturated rings. The predicted octanol–water partition coefficient (Wildman–Crippen LogP) is 4.49. The Kier molecular flexibility index (Phi) is 6.09. The molecule has 2 aliphatic rings. The number of anilines is 1. The molecule has 2 bridgehead atoms. The third-order valence-corrected chi connectivity index (χ3v) is 6.15. The molecule has 5 heteroatoms. The number of amides is 1. The highest BCUT2D eigenvalue weighted by molar-refractivity contribution is 7.80. The Balaban J connectivity index is 1.64. The standard InChI is InChI=1S/C22H33N3OS/c1-5-15-9-11-16(12-10-15)24-21(27)25-18-7-6-8-19(25)14-17(13-18)23-20(26)22(2,3)4/h9-12,17-19H,5-8,13-14H2,1-4H3,(H,23,26)(H,24,27)/t18-,19-/m1/s1. The summed E-state index contributed by atoms with van der Waals surface area (Å²) >= 11 is 5.78. The zero-order chi connectivity index (χ0) is 19.6. The normalized spacial score (nSPS) is 25.0. The van der Waals surface area contributed by atoms with E-state index in [1.54, 1.807) is 0 Å². The number of hydrogen-bond donors (Lipinski definition) is 2. The zero-order valence-electron chi connectivity index (χ0n) is 17.0. The fourth-order valence-electron chi connectivity index (χ4n) is 4.24. The number of hydrogen-bond acceptors (Lipinski definition) is 2. The highest BCUT2D eigenvalue weighted by Crippen LogP contribution is 2.35. The molecule has 2 atom stereocenters. The van der Waals surface area contributed by atoms with Gasteiger partial charge < -0.3 is 15.5 Å². The number of thiocarbonyl (C=S) groups is 1. The van der Waals surface area contributed by atoms with E-state index in [9.17, 15) is 4.79 Å². The van der Waals surface area contributed by atoms with Crippen molar-refractivity contribution in [2.45, 2.75) is 84.3 Å². The van der Waals surface area contributed by atoms with Crippen LogP contribution in [0.4, 0.5) is 5.69 Å². The molecule has 27 heavy (non-hydrogen) atoms. The van der Waals surface area contributed by atoms with Crippen LogP contribution in [0, 0.1) is 5.41 Å². The molecule has 1 aromatic rings. The minimum absolute atomic E-state index is 0.149. The van der Waals surface area contributed by atoms with Crippen LogP contribution in [0.3, 0.4) is 0 Å². The summed E-state index contributed by atoms with van der Waals surface area (Å²) in [5.41, 5.74) is 2.05. The summed E-state index contributed by atoms with van der Waals surface area (Å²) in [6.45, 7) is 8.08. The van der Waals surface area contributed by atoms with Gasteiger partial charge >= 0.3 is 0 Å². The van der Waals surface area contributed by atoms with E-state index in [1.165, 1.54) is 12.0 Å². The van der Waals surface area contributed by atoms with Crippen LogP contribution in [0.2, 0.25) is 0 Å². The zero-order valence-corrected chi connectivity index (χ0v) is 17.9. The van der Waals surface area contributed by atoms with Crippen molar-refractivity contribution in [3.05, 3.63) is 29.8 Å². The van der Waals surface area contributed by atoms with E-state index < -0.39 is 0 Å². The largest absolute Gasteiger partial charge is 0.353 e. The van der Waals surface area contributed by atoms with Crippen molar-refractivity contribution >= 4 is 28.9 Å². The second kappa shape index (κ2) is 8.17. The third kappa shape index (κ3) is 4.81. The van der Waals surface area contributed by atoms with Gasteiger partial charge in [-0.1, -0.05) is 39.8 Å². The van der Waals surface area contributed by atoms with Gasteiger partial charge in [-0.05, 0) is 68.4 Å². The number of carbonyl (C=O) groups excluding carboxylic acids is 1. The molecule has 2 aliphatic heterocycles. The van der Waals surface area contributed by atoms with E-state index >= 15 is 0 Å². The van der Waals surface area contributed by atoms with Gasteiger partial charge in [0.2, 0.25) is 5.91 Å². The first-order valence-corrected chi connectivity index (χ1v) is 10.7. The molecule has 1 aromatic carbocycles. The molecule has 4 nitrogen and oxygen atoms in total. The molecular formula is C22H33N3OS. The van der Waals surface area contributed by atoms with E-state index in [1.807, 2.05) is 20.8 Å². The second-order valence-electron chi connectivity index (χ2n) is 9.02. The van der Waals surface area contributed by atoms with E-state index in [-0.39, 0.29) is 17.4 Å². The van der Waals surface area contributed by atoms with Crippen LogP contribution < -0.4 is 10.6 Å². The number of nitrogens with zero attached hydrogens (tertiary/aromatic N) is 1. The van der Waals surface area contributed by atoms with Crippen molar-refractivity contribution in [3.8, 4) is 0 Å². The molecule has 0 saturated carbocycles. The summed E-state index contributed by atoms with van der Waals surface area (Å²) in [7, 11) is 0. The molecule has 0 aromatic heterocycles. The van der Waals surface area contributed by atoms with Gasteiger partial charge in [0.05, 0.1) is 0 Å². The van der Waals surface area contributed by atoms with Crippen LogP contribution in [0.5, 0.6) is 0 Å². The number of aryl methyl sites for hydroxylation is 1. The van der Waals surface area contributed by atoms with Crippen molar-refractivity contribution in [3.63, 3.8) is 0 Å². The summed E-state index contributed by atoms with van der Waals surface area (Å²) in [5.74, 6) is 0.149. The topological polar surface area (TPSA) is 44.4 Å². The number of nitrogens with one attached hydrogen (secondary N) is 2. The first-order chi connectivity index (χ1) is 12.8. The lowest BCUT2D eigenvalue weighted by molar-refractivity contribution is -0.129. The molecule has 0 radical (unpaired) electrons. The summed E-state index contributed by atoms with van der Waals surface area (Å²) in [5, 5.41) is 7.55. The Morgan fingerprint density at radius 3 is 2.26 bits per heavy atom. The highest BCUT2D eigenvalue weighted by Gasteiger charge is 2.40. The Morgan fingerprint density at radius 2 is 1.74 bits per heavy atom. The van der Waals surface area contributed by atoms with Crippen molar-refractivity contribution < 1.29 is 4.79 Å². The van der Waals surface area contributed by atoms with E-state index in [4.69, 9.17) is 12.2 Å². The summed E-state index contributed by atoms with van der Waals surface area (Å²) in [6, 6.07) is 9.61. The van der Waals surface area contributed by atoms with Crippen molar-refractivity contribution in [2.24, 2.45) is 5.41 Å². The maximum Gasteiger partial charge on any atom is 0.225 e. The minimum atomic E-state index is -0.340. The molecule has 2 heterocycles. The number of rotatable bonds is 3. The van der Waals surface area contributed by atoms with Crippen LogP contribution in [0.1, 0.15) is 65.4 Å². The van der Waals surface area contributed by atoms with Crippen molar-refractivity contribution in [2.75, 3.05) is 5.32 Å². The molecule has 0 unspecified atom stereocenters. The summed E-state index contributed by atoms with van der Waals surface area (Å²) < 4.78 is 0. The van der Waals surface area contributed by atoms with Crippen molar-refractivity contribution in [1.29, 1.82) is 0 Å². The average Bonchev–Trinajstić information content (AvgIpc) is 2.60. The summed E-state index contributed by atoms with van der Waals surface area (Å²) in [4.78, 5) is 14.8. The number of fused-ring (bicyclic) bond motifs is 2.